The number of thiophene rings is 1. The van der Waals surface area contributed by atoms with E-state index in [4.69, 9.17) is 4.74 Å². The van der Waals surface area contributed by atoms with E-state index < -0.39 is 0 Å². The molecule has 1 amide bonds. The molecule has 0 aliphatic rings. The van der Waals surface area contributed by atoms with Crippen LogP contribution < -0.4 is 15.6 Å². The Bertz CT molecular complexity index is 1470. The van der Waals surface area contributed by atoms with Gasteiger partial charge >= 0.3 is 0 Å². The molecule has 5 rings (SSSR count). The summed E-state index contributed by atoms with van der Waals surface area (Å²) in [5.74, 6) is 0.561. The molecule has 0 fully saturated rings. The van der Waals surface area contributed by atoms with Crippen LogP contribution in [0.3, 0.4) is 0 Å². The topological polar surface area (TPSA) is 77.6 Å². The molecule has 7 nitrogen and oxygen atoms in total. The Morgan fingerprint density at radius 2 is 1.91 bits per heavy atom. The fraction of sp³-hybridized carbons (Fsp3) is 0.125. The van der Waals surface area contributed by atoms with Gasteiger partial charge in [-0.2, -0.15) is 5.10 Å². The number of rotatable bonds is 6. The highest BCUT2D eigenvalue weighted by atomic mass is 32.1. The summed E-state index contributed by atoms with van der Waals surface area (Å²) in [4.78, 5) is 27.1. The van der Waals surface area contributed by atoms with Crippen molar-refractivity contribution in [2.45, 2.75) is 13.1 Å². The van der Waals surface area contributed by atoms with E-state index in [0.717, 1.165) is 21.7 Å². The lowest BCUT2D eigenvalue weighted by molar-refractivity contribution is 0.0951. The molecule has 0 saturated heterocycles. The first kappa shape index (κ1) is 20.0. The molecule has 0 unspecified atom stereocenters. The second kappa shape index (κ2) is 8.32. The van der Waals surface area contributed by atoms with E-state index in [0.29, 0.717) is 29.7 Å². The molecule has 0 spiro atoms. The van der Waals surface area contributed by atoms with Crippen LogP contribution in [0.4, 0.5) is 0 Å². The predicted octanol–water partition coefficient (Wildman–Crippen LogP) is 3.70. The van der Waals surface area contributed by atoms with Crippen LogP contribution >= 0.6 is 11.3 Å². The van der Waals surface area contributed by atoms with Crippen molar-refractivity contribution in [3.63, 3.8) is 0 Å². The molecule has 0 atom stereocenters. The summed E-state index contributed by atoms with van der Waals surface area (Å²) >= 11 is 1.59. The van der Waals surface area contributed by atoms with Crippen molar-refractivity contribution in [3.8, 4) is 5.75 Å². The first-order chi connectivity index (χ1) is 15.6. The molecule has 0 bridgehead atoms. The molecular formula is C24H20N4O3S. The van der Waals surface area contributed by atoms with Crippen molar-refractivity contribution in [2.75, 3.05) is 7.11 Å². The van der Waals surface area contributed by atoms with Crippen LogP contribution in [0.1, 0.15) is 20.8 Å². The lowest BCUT2D eigenvalue weighted by atomic mass is 10.1. The van der Waals surface area contributed by atoms with Crippen molar-refractivity contribution in [1.29, 1.82) is 0 Å². The number of carbonyl (C=O) groups excluding carboxylic acids is 1. The summed E-state index contributed by atoms with van der Waals surface area (Å²) in [6, 6.07) is 18.6. The quantitative estimate of drug-likeness (QED) is 0.433. The number of hydrogen-bond acceptors (Lipinski definition) is 5. The molecule has 0 radical (unpaired) electrons. The summed E-state index contributed by atoms with van der Waals surface area (Å²) in [6.07, 6.45) is 1.61. The second-order valence-electron chi connectivity index (χ2n) is 7.33. The third kappa shape index (κ3) is 3.65. The van der Waals surface area contributed by atoms with E-state index in [-0.39, 0.29) is 11.5 Å². The van der Waals surface area contributed by atoms with Crippen LogP contribution in [-0.2, 0) is 13.1 Å². The van der Waals surface area contributed by atoms with Crippen molar-refractivity contribution >= 4 is 33.8 Å². The summed E-state index contributed by atoms with van der Waals surface area (Å²) < 4.78 is 8.53. The Morgan fingerprint density at radius 3 is 2.66 bits per heavy atom. The maximum atomic E-state index is 13.3. The highest BCUT2D eigenvalue weighted by Gasteiger charge is 2.15. The molecule has 0 saturated carbocycles. The SMILES string of the molecule is COc1ccc(Cn2c(=O)c3ccnn3c3ccc(C(=O)NCc4cccs4)cc32)cc1. The van der Waals surface area contributed by atoms with Crippen molar-refractivity contribution in [2.24, 2.45) is 0 Å². The van der Waals surface area contributed by atoms with Gasteiger partial charge in [0.25, 0.3) is 11.5 Å². The number of hydrogen-bond donors (Lipinski definition) is 1. The summed E-state index contributed by atoms with van der Waals surface area (Å²) in [5, 5.41) is 9.23. The maximum Gasteiger partial charge on any atom is 0.277 e. The zero-order chi connectivity index (χ0) is 22.1. The van der Waals surface area contributed by atoms with E-state index in [2.05, 4.69) is 10.4 Å². The molecule has 0 aliphatic carbocycles. The Labute approximate surface area is 187 Å². The van der Waals surface area contributed by atoms with E-state index in [1.807, 2.05) is 47.8 Å². The van der Waals surface area contributed by atoms with Crippen molar-refractivity contribution < 1.29 is 9.53 Å². The summed E-state index contributed by atoms with van der Waals surface area (Å²) in [7, 11) is 1.62. The molecule has 0 aliphatic heterocycles. The minimum absolute atomic E-state index is 0.165. The molecule has 2 aromatic carbocycles. The normalized spacial score (nSPS) is 11.2. The molecule has 160 valence electrons. The fourth-order valence-corrected chi connectivity index (χ4v) is 4.36. The molecule has 5 aromatic rings. The van der Waals surface area contributed by atoms with Crippen molar-refractivity contribution in [1.82, 2.24) is 19.5 Å². The van der Waals surface area contributed by atoms with E-state index in [9.17, 15) is 9.59 Å². The Kier molecular flexibility index (Phi) is 5.20. The van der Waals surface area contributed by atoms with Gasteiger partial charge in [0.2, 0.25) is 0 Å². The third-order valence-electron chi connectivity index (χ3n) is 5.37. The minimum atomic E-state index is -0.190. The van der Waals surface area contributed by atoms with Gasteiger partial charge in [0.1, 0.15) is 11.3 Å². The first-order valence-electron chi connectivity index (χ1n) is 10.1. The zero-order valence-electron chi connectivity index (χ0n) is 17.3. The second-order valence-corrected chi connectivity index (χ2v) is 8.37. The minimum Gasteiger partial charge on any atom is -0.497 e. The summed E-state index contributed by atoms with van der Waals surface area (Å²) in [6.45, 7) is 0.826. The Morgan fingerprint density at radius 1 is 1.06 bits per heavy atom. The van der Waals surface area contributed by atoms with Crippen LogP contribution in [0.15, 0.2) is 77.0 Å². The molecule has 32 heavy (non-hydrogen) atoms. The van der Waals surface area contributed by atoms with Gasteiger partial charge in [0, 0.05) is 10.4 Å². The van der Waals surface area contributed by atoms with Gasteiger partial charge in [-0.1, -0.05) is 18.2 Å². The van der Waals surface area contributed by atoms with Gasteiger partial charge in [-0.05, 0) is 53.4 Å². The van der Waals surface area contributed by atoms with Gasteiger partial charge in [-0.15, -0.1) is 11.3 Å². The van der Waals surface area contributed by atoms with Gasteiger partial charge in [0.15, 0.2) is 0 Å². The van der Waals surface area contributed by atoms with Gasteiger partial charge in [-0.25, -0.2) is 4.52 Å². The Balaban J connectivity index is 1.57. The van der Waals surface area contributed by atoms with E-state index in [1.165, 1.54) is 0 Å². The number of nitrogens with one attached hydrogen (secondary N) is 1. The average Bonchev–Trinajstić information content (AvgIpc) is 3.53. The average molecular weight is 445 g/mol. The van der Waals surface area contributed by atoms with Crippen LogP contribution in [0, 0.1) is 0 Å². The molecule has 3 heterocycles. The van der Waals surface area contributed by atoms with Crippen LogP contribution in [0.2, 0.25) is 0 Å². The monoisotopic (exact) mass is 444 g/mol. The van der Waals surface area contributed by atoms with Crippen LogP contribution in [0.25, 0.3) is 16.6 Å². The molecular weight excluding hydrogens is 424 g/mol. The Hall–Kier alpha value is -3.91. The number of aromatic nitrogens is 3. The van der Waals surface area contributed by atoms with Gasteiger partial charge in [0.05, 0.1) is 37.4 Å². The van der Waals surface area contributed by atoms with E-state index in [1.54, 1.807) is 51.9 Å². The molecule has 8 heteroatoms. The number of benzene rings is 2. The van der Waals surface area contributed by atoms with Crippen LogP contribution in [-0.4, -0.2) is 27.2 Å². The number of carbonyl (C=O) groups is 1. The third-order valence-corrected chi connectivity index (χ3v) is 6.24. The molecule has 3 aromatic heterocycles. The summed E-state index contributed by atoms with van der Waals surface area (Å²) in [5.41, 5.74) is 3.16. The van der Waals surface area contributed by atoms with Crippen molar-refractivity contribution in [3.05, 3.63) is 98.6 Å². The standard InChI is InChI=1S/C24H20N4O3S/c1-31-18-7-4-16(5-8-18)15-27-22-13-17(23(29)25-14-19-3-2-12-32-19)6-9-20(22)28-21(24(27)30)10-11-26-28/h2-13H,14-15H2,1H3,(H,25,29). The van der Waals surface area contributed by atoms with Crippen LogP contribution in [0.5, 0.6) is 5.75 Å². The van der Waals surface area contributed by atoms with E-state index >= 15 is 0 Å². The number of ether oxygens (including phenoxy) is 1. The smallest absolute Gasteiger partial charge is 0.277 e. The lowest BCUT2D eigenvalue weighted by Crippen LogP contribution is -2.25. The highest BCUT2D eigenvalue weighted by Crippen LogP contribution is 2.19. The molecule has 1 N–H and O–H groups in total. The fourth-order valence-electron chi connectivity index (χ4n) is 3.72. The number of amides is 1. The predicted molar refractivity (Wildman–Crippen MR) is 125 cm³/mol. The zero-order valence-corrected chi connectivity index (χ0v) is 18.1. The largest absolute Gasteiger partial charge is 0.497 e. The number of methoxy groups -OCH3 is 1. The maximum absolute atomic E-state index is 13.3. The van der Waals surface area contributed by atoms with Gasteiger partial charge in [-0.3, -0.25) is 9.59 Å². The number of fused-ring (bicyclic) bond motifs is 3. The lowest BCUT2D eigenvalue weighted by Gasteiger charge is -2.14. The highest BCUT2D eigenvalue weighted by molar-refractivity contribution is 7.09. The van der Waals surface area contributed by atoms with Gasteiger partial charge < -0.3 is 14.6 Å². The number of nitrogens with zero attached hydrogens (tertiary/aromatic N) is 3. The first-order valence-corrected chi connectivity index (χ1v) is 11.0.